The molecule has 1 aliphatic rings. The minimum Gasteiger partial charge on any atom is -0.496 e. The van der Waals surface area contributed by atoms with E-state index in [1.54, 1.807) is 21.0 Å². The summed E-state index contributed by atoms with van der Waals surface area (Å²) in [4.78, 5) is 38.3. The number of nitrogens with zero attached hydrogens (tertiary/aromatic N) is 1. The second-order valence-electron chi connectivity index (χ2n) is 7.00. The smallest absolute Gasteiger partial charge is 0.327 e. The van der Waals surface area contributed by atoms with E-state index in [1.165, 1.54) is 16.7 Å². The van der Waals surface area contributed by atoms with Crippen LogP contribution in [0.2, 0.25) is 0 Å². The molecule has 9 heteroatoms. The van der Waals surface area contributed by atoms with E-state index < -0.39 is 30.1 Å². The molecule has 2 N–H and O–H groups in total. The van der Waals surface area contributed by atoms with Crippen molar-refractivity contribution in [2.45, 2.75) is 44.8 Å². The molecule has 8 nitrogen and oxygen atoms in total. The number of esters is 1. The molecule has 30 heavy (non-hydrogen) atoms. The first-order chi connectivity index (χ1) is 14.4. The van der Waals surface area contributed by atoms with Crippen LogP contribution >= 0.6 is 11.8 Å². The number of carbonyl (C=O) groups is 3. The molecule has 1 aromatic rings. The topological polar surface area (TPSA) is 105 Å². The zero-order chi connectivity index (χ0) is 22.1. The van der Waals surface area contributed by atoms with Crippen LogP contribution in [0.3, 0.4) is 0 Å². The predicted octanol–water partition coefficient (Wildman–Crippen LogP) is 1.57. The van der Waals surface area contributed by atoms with Crippen molar-refractivity contribution in [3.05, 3.63) is 29.8 Å². The highest BCUT2D eigenvalue weighted by Crippen LogP contribution is 2.21. The molecule has 0 aromatic heterocycles. The zero-order valence-electron chi connectivity index (χ0n) is 17.6. The van der Waals surface area contributed by atoms with E-state index in [1.807, 2.05) is 24.3 Å². The first-order valence-electron chi connectivity index (χ1n) is 10.0. The van der Waals surface area contributed by atoms with Gasteiger partial charge in [0.05, 0.1) is 19.8 Å². The molecule has 0 spiro atoms. The van der Waals surface area contributed by atoms with Gasteiger partial charge in [0.1, 0.15) is 17.8 Å². The van der Waals surface area contributed by atoms with Crippen LogP contribution in [0.1, 0.15) is 25.8 Å². The normalized spacial score (nSPS) is 18.4. The summed E-state index contributed by atoms with van der Waals surface area (Å²) in [6.45, 7) is 3.99. The molecule has 1 fully saturated rings. The third kappa shape index (κ3) is 6.37. The van der Waals surface area contributed by atoms with Crippen molar-refractivity contribution in [2.75, 3.05) is 31.8 Å². The minimum absolute atomic E-state index is 0.235. The Morgan fingerprint density at radius 3 is 2.73 bits per heavy atom. The van der Waals surface area contributed by atoms with Crippen LogP contribution in [0.25, 0.3) is 0 Å². The Labute approximate surface area is 181 Å². The molecule has 0 bridgehead atoms. The number of para-hydroxylation sites is 1. The van der Waals surface area contributed by atoms with E-state index in [9.17, 15) is 19.5 Å². The number of thioether (sulfide) groups is 1. The SMILES string of the molecule is CCOC(=O)C(CCc1ccccc1OC)N[C@@H](C)C(=O)N1CCSCC1C(=O)O. The number of benzene rings is 1. The molecule has 0 aliphatic carbocycles. The zero-order valence-corrected chi connectivity index (χ0v) is 18.4. The van der Waals surface area contributed by atoms with Gasteiger partial charge in [-0.2, -0.15) is 11.8 Å². The minimum atomic E-state index is -1.01. The van der Waals surface area contributed by atoms with Gasteiger partial charge in [0.2, 0.25) is 5.91 Å². The molecule has 0 saturated carbocycles. The van der Waals surface area contributed by atoms with Crippen molar-refractivity contribution in [3.8, 4) is 5.75 Å². The van der Waals surface area contributed by atoms with Crippen molar-refractivity contribution in [1.29, 1.82) is 0 Å². The summed E-state index contributed by atoms with van der Waals surface area (Å²) in [7, 11) is 1.59. The third-order valence-corrected chi connectivity index (χ3v) is 6.01. The largest absolute Gasteiger partial charge is 0.496 e. The lowest BCUT2D eigenvalue weighted by molar-refractivity contribution is -0.151. The number of ether oxygens (including phenoxy) is 2. The number of aliphatic carboxylic acids is 1. The average Bonchev–Trinajstić information content (AvgIpc) is 2.76. The van der Waals surface area contributed by atoms with E-state index in [4.69, 9.17) is 9.47 Å². The van der Waals surface area contributed by atoms with E-state index >= 15 is 0 Å². The summed E-state index contributed by atoms with van der Waals surface area (Å²) < 4.78 is 10.5. The number of carboxylic acids is 1. The number of hydrogen-bond acceptors (Lipinski definition) is 7. The molecule has 1 heterocycles. The van der Waals surface area contributed by atoms with Crippen molar-refractivity contribution in [3.63, 3.8) is 0 Å². The predicted molar refractivity (Wildman–Crippen MR) is 115 cm³/mol. The first-order valence-corrected chi connectivity index (χ1v) is 11.2. The van der Waals surface area contributed by atoms with Crippen LogP contribution in [0.15, 0.2) is 24.3 Å². The molecule has 1 aliphatic heterocycles. The lowest BCUT2D eigenvalue weighted by Gasteiger charge is -2.35. The number of methoxy groups -OCH3 is 1. The Balaban J connectivity index is 2.08. The van der Waals surface area contributed by atoms with Crippen molar-refractivity contribution >= 4 is 29.6 Å². The second-order valence-corrected chi connectivity index (χ2v) is 8.15. The monoisotopic (exact) mass is 438 g/mol. The number of carboxylic acid groups (broad SMARTS) is 1. The maximum atomic E-state index is 12.9. The fourth-order valence-corrected chi connectivity index (χ4v) is 4.45. The molecule has 166 valence electrons. The van der Waals surface area contributed by atoms with Gasteiger partial charge in [0, 0.05) is 18.1 Å². The van der Waals surface area contributed by atoms with Gasteiger partial charge in [-0.3, -0.25) is 14.9 Å². The van der Waals surface area contributed by atoms with Gasteiger partial charge in [-0.05, 0) is 38.3 Å². The Morgan fingerprint density at radius 2 is 2.07 bits per heavy atom. The van der Waals surface area contributed by atoms with Crippen molar-refractivity contribution < 1.29 is 29.0 Å². The number of aryl methyl sites for hydroxylation is 1. The van der Waals surface area contributed by atoms with E-state index in [0.29, 0.717) is 30.9 Å². The molecule has 1 amide bonds. The number of hydrogen-bond donors (Lipinski definition) is 2. The Bertz CT molecular complexity index is 744. The summed E-state index contributed by atoms with van der Waals surface area (Å²) in [5.41, 5.74) is 0.953. The molecule has 2 unspecified atom stereocenters. The van der Waals surface area contributed by atoms with Gasteiger partial charge in [-0.1, -0.05) is 18.2 Å². The van der Waals surface area contributed by atoms with Crippen LogP contribution in [0.5, 0.6) is 5.75 Å². The molecule has 1 saturated heterocycles. The van der Waals surface area contributed by atoms with Gasteiger partial charge in [0.15, 0.2) is 0 Å². The second kappa shape index (κ2) is 11.8. The fraction of sp³-hybridized carbons (Fsp3) is 0.571. The summed E-state index contributed by atoms with van der Waals surface area (Å²) in [5.74, 6) is 0.0193. The highest BCUT2D eigenvalue weighted by atomic mass is 32.2. The average molecular weight is 439 g/mol. The summed E-state index contributed by atoms with van der Waals surface area (Å²) >= 11 is 1.52. The van der Waals surface area contributed by atoms with E-state index in [2.05, 4.69) is 5.32 Å². The molecular formula is C21H30N2O6S. The Hall–Kier alpha value is -2.26. The van der Waals surface area contributed by atoms with Gasteiger partial charge < -0.3 is 19.5 Å². The highest BCUT2D eigenvalue weighted by molar-refractivity contribution is 7.99. The summed E-state index contributed by atoms with van der Waals surface area (Å²) in [6.07, 6.45) is 0.967. The van der Waals surface area contributed by atoms with Crippen LogP contribution in [-0.2, 0) is 25.5 Å². The van der Waals surface area contributed by atoms with E-state index in [-0.39, 0.29) is 12.5 Å². The highest BCUT2D eigenvalue weighted by Gasteiger charge is 2.35. The number of rotatable bonds is 10. The maximum absolute atomic E-state index is 12.9. The van der Waals surface area contributed by atoms with Gasteiger partial charge >= 0.3 is 11.9 Å². The lowest BCUT2D eigenvalue weighted by Crippen LogP contribution is -2.57. The number of amides is 1. The first kappa shape index (κ1) is 24.0. The maximum Gasteiger partial charge on any atom is 0.327 e. The number of carbonyl (C=O) groups excluding carboxylic acids is 2. The van der Waals surface area contributed by atoms with E-state index in [0.717, 1.165) is 11.3 Å². The van der Waals surface area contributed by atoms with Crippen LogP contribution in [0.4, 0.5) is 0 Å². The van der Waals surface area contributed by atoms with Gasteiger partial charge in [-0.25, -0.2) is 4.79 Å². The van der Waals surface area contributed by atoms with Crippen LogP contribution < -0.4 is 10.1 Å². The van der Waals surface area contributed by atoms with Gasteiger partial charge in [-0.15, -0.1) is 0 Å². The molecule has 3 atom stereocenters. The third-order valence-electron chi connectivity index (χ3n) is 4.98. The summed E-state index contributed by atoms with van der Waals surface area (Å²) in [5, 5.41) is 12.5. The molecule has 0 radical (unpaired) electrons. The van der Waals surface area contributed by atoms with Gasteiger partial charge in [0.25, 0.3) is 0 Å². The van der Waals surface area contributed by atoms with Crippen molar-refractivity contribution in [2.24, 2.45) is 0 Å². The quantitative estimate of drug-likeness (QED) is 0.531. The fourth-order valence-electron chi connectivity index (χ4n) is 3.42. The number of nitrogens with one attached hydrogen (secondary N) is 1. The molecule has 1 aromatic carbocycles. The van der Waals surface area contributed by atoms with Crippen LogP contribution in [-0.4, -0.2) is 77.7 Å². The lowest BCUT2D eigenvalue weighted by atomic mass is 10.0. The van der Waals surface area contributed by atoms with Crippen LogP contribution in [0, 0.1) is 0 Å². The Kier molecular flexibility index (Phi) is 9.45. The molecular weight excluding hydrogens is 408 g/mol. The standard InChI is InChI=1S/C21H30N2O6S/c1-4-29-21(27)16(10-9-15-7-5-6-8-18(15)28-3)22-14(2)19(24)23-11-12-30-13-17(23)20(25)26/h5-8,14,16-17,22H,4,9-13H2,1-3H3,(H,25,26)/t14-,16?,17?/m0/s1. The Morgan fingerprint density at radius 1 is 1.33 bits per heavy atom. The van der Waals surface area contributed by atoms with Crippen molar-refractivity contribution in [1.82, 2.24) is 10.2 Å². The molecule has 2 rings (SSSR count). The summed E-state index contributed by atoms with van der Waals surface area (Å²) in [6, 6.07) is 5.29.